The molecule has 0 saturated carbocycles. The summed E-state index contributed by atoms with van der Waals surface area (Å²) in [4.78, 5) is 18.3. The number of hydrogen-bond donors (Lipinski definition) is 1. The first-order valence-electron chi connectivity index (χ1n) is 8.00. The van der Waals surface area contributed by atoms with Gasteiger partial charge in [-0.3, -0.25) is 4.98 Å². The van der Waals surface area contributed by atoms with Gasteiger partial charge in [0, 0.05) is 36.4 Å². The Hall–Kier alpha value is -2.30. The summed E-state index contributed by atoms with van der Waals surface area (Å²) in [6, 6.07) is 10.3. The van der Waals surface area contributed by atoms with Crippen LogP contribution in [0.25, 0.3) is 10.9 Å². The molecule has 5 nitrogen and oxygen atoms in total. The third-order valence-electron chi connectivity index (χ3n) is 3.85. The van der Waals surface area contributed by atoms with Crippen LogP contribution in [-0.2, 0) is 4.74 Å². The van der Waals surface area contributed by atoms with Crippen molar-refractivity contribution < 1.29 is 9.53 Å². The van der Waals surface area contributed by atoms with Gasteiger partial charge in [-0.1, -0.05) is 6.07 Å². The Bertz CT molecular complexity index is 703. The summed E-state index contributed by atoms with van der Waals surface area (Å²) in [6.45, 7) is 7.04. The monoisotopic (exact) mass is 313 g/mol. The van der Waals surface area contributed by atoms with Crippen molar-refractivity contribution in [2.45, 2.75) is 38.8 Å². The van der Waals surface area contributed by atoms with Gasteiger partial charge in [0.15, 0.2) is 0 Å². The highest BCUT2D eigenvalue weighted by atomic mass is 16.6. The smallest absolute Gasteiger partial charge is 0.410 e. The van der Waals surface area contributed by atoms with E-state index in [1.807, 2.05) is 39.0 Å². The number of nitrogens with one attached hydrogen (secondary N) is 1. The van der Waals surface area contributed by atoms with Crippen LogP contribution in [0.4, 0.5) is 10.5 Å². The molecular formula is C18H23N3O2. The van der Waals surface area contributed by atoms with Crippen molar-refractivity contribution in [3.63, 3.8) is 0 Å². The molecule has 0 spiro atoms. The van der Waals surface area contributed by atoms with Crippen LogP contribution in [0, 0.1) is 0 Å². The molecule has 2 aromatic rings. The Balaban J connectivity index is 1.67. The molecule has 1 amide bonds. The number of fused-ring (bicyclic) bond motifs is 1. The van der Waals surface area contributed by atoms with Crippen molar-refractivity contribution >= 4 is 22.7 Å². The van der Waals surface area contributed by atoms with Crippen LogP contribution >= 0.6 is 0 Å². The van der Waals surface area contributed by atoms with Crippen molar-refractivity contribution in [1.29, 1.82) is 0 Å². The lowest BCUT2D eigenvalue weighted by Crippen LogP contribution is -2.36. The first kappa shape index (κ1) is 15.6. The van der Waals surface area contributed by atoms with E-state index in [1.165, 1.54) is 0 Å². The zero-order valence-corrected chi connectivity index (χ0v) is 13.9. The topological polar surface area (TPSA) is 54.5 Å². The third kappa shape index (κ3) is 3.73. The number of anilines is 1. The second-order valence-electron chi connectivity index (χ2n) is 6.93. The minimum absolute atomic E-state index is 0.230. The Labute approximate surface area is 136 Å². The van der Waals surface area contributed by atoms with Crippen LogP contribution in [-0.4, -0.2) is 40.7 Å². The molecule has 1 aromatic heterocycles. The molecule has 1 unspecified atom stereocenters. The predicted octanol–water partition coefficient (Wildman–Crippen LogP) is 3.66. The van der Waals surface area contributed by atoms with Gasteiger partial charge in [-0.25, -0.2) is 4.79 Å². The van der Waals surface area contributed by atoms with Crippen LogP contribution in [0.15, 0.2) is 36.5 Å². The average Bonchev–Trinajstić information content (AvgIpc) is 2.95. The molecule has 0 bridgehead atoms. The molecule has 0 aliphatic carbocycles. The van der Waals surface area contributed by atoms with Crippen LogP contribution in [0.2, 0.25) is 0 Å². The number of carbonyl (C=O) groups excluding carboxylic acids is 1. The largest absolute Gasteiger partial charge is 0.444 e. The van der Waals surface area contributed by atoms with Crippen LogP contribution in [0.5, 0.6) is 0 Å². The minimum atomic E-state index is -0.454. The van der Waals surface area contributed by atoms with Crippen molar-refractivity contribution in [2.75, 3.05) is 18.4 Å². The van der Waals surface area contributed by atoms with E-state index in [1.54, 1.807) is 11.1 Å². The molecule has 0 radical (unpaired) electrons. The highest BCUT2D eigenvalue weighted by molar-refractivity contribution is 5.91. The summed E-state index contributed by atoms with van der Waals surface area (Å²) in [5, 5.41) is 4.64. The zero-order valence-electron chi connectivity index (χ0n) is 13.9. The van der Waals surface area contributed by atoms with E-state index < -0.39 is 5.60 Å². The number of nitrogens with zero attached hydrogens (tertiary/aromatic N) is 2. The van der Waals surface area contributed by atoms with Gasteiger partial charge in [-0.15, -0.1) is 0 Å². The van der Waals surface area contributed by atoms with Crippen LogP contribution in [0.1, 0.15) is 27.2 Å². The lowest BCUT2D eigenvalue weighted by molar-refractivity contribution is 0.0293. The average molecular weight is 313 g/mol. The van der Waals surface area contributed by atoms with Crippen molar-refractivity contribution in [3.8, 4) is 0 Å². The minimum Gasteiger partial charge on any atom is -0.444 e. The summed E-state index contributed by atoms with van der Waals surface area (Å²) in [7, 11) is 0. The molecule has 1 aliphatic rings. The molecule has 1 fully saturated rings. The zero-order chi connectivity index (χ0) is 16.4. The number of hydrogen-bond acceptors (Lipinski definition) is 4. The summed E-state index contributed by atoms with van der Waals surface area (Å²) in [5.41, 5.74) is 1.58. The normalized spacial score (nSPS) is 18.2. The fourth-order valence-corrected chi connectivity index (χ4v) is 2.82. The van der Waals surface area contributed by atoms with E-state index in [-0.39, 0.29) is 12.1 Å². The van der Waals surface area contributed by atoms with Gasteiger partial charge in [0.25, 0.3) is 0 Å². The molecule has 1 atom stereocenters. The maximum atomic E-state index is 12.1. The number of ether oxygens (including phenoxy) is 1. The van der Waals surface area contributed by atoms with Crippen molar-refractivity contribution in [1.82, 2.24) is 9.88 Å². The van der Waals surface area contributed by atoms with Gasteiger partial charge in [0.2, 0.25) is 0 Å². The van der Waals surface area contributed by atoms with Crippen LogP contribution in [0.3, 0.4) is 0 Å². The fraction of sp³-hybridized carbons (Fsp3) is 0.444. The molecule has 2 heterocycles. The standard InChI is InChI=1S/C18H23N3O2/c1-18(2,3)23-17(22)21-11-9-13(12-21)20-16-8-4-7-15-14(16)6-5-10-19-15/h4-8,10,13,20H,9,11-12H2,1-3H3. The molecular weight excluding hydrogens is 290 g/mol. The van der Waals surface area contributed by atoms with Crippen molar-refractivity contribution in [2.24, 2.45) is 0 Å². The Kier molecular flexibility index (Phi) is 4.11. The second-order valence-corrected chi connectivity index (χ2v) is 6.93. The van der Waals surface area contributed by atoms with Gasteiger partial charge < -0.3 is 15.0 Å². The number of likely N-dealkylation sites (tertiary alicyclic amines) is 1. The lowest BCUT2D eigenvalue weighted by Gasteiger charge is -2.24. The molecule has 1 aliphatic heterocycles. The molecule has 1 saturated heterocycles. The van der Waals surface area contributed by atoms with E-state index in [9.17, 15) is 4.79 Å². The quantitative estimate of drug-likeness (QED) is 0.919. The third-order valence-corrected chi connectivity index (χ3v) is 3.85. The van der Waals surface area contributed by atoms with Gasteiger partial charge >= 0.3 is 6.09 Å². The number of amides is 1. The molecule has 1 aromatic carbocycles. The summed E-state index contributed by atoms with van der Waals surface area (Å²) in [5.74, 6) is 0. The van der Waals surface area contributed by atoms with Crippen LogP contribution < -0.4 is 5.32 Å². The SMILES string of the molecule is CC(C)(C)OC(=O)N1CCC(Nc2cccc3ncccc23)C1. The molecule has 3 rings (SSSR count). The lowest BCUT2D eigenvalue weighted by atomic mass is 10.1. The first-order chi connectivity index (χ1) is 10.9. The first-order valence-corrected chi connectivity index (χ1v) is 8.00. The fourth-order valence-electron chi connectivity index (χ4n) is 2.82. The number of pyridine rings is 1. The number of benzene rings is 1. The molecule has 122 valence electrons. The van der Waals surface area contributed by atoms with E-state index in [0.717, 1.165) is 29.6 Å². The molecule has 1 N–H and O–H groups in total. The number of carbonyl (C=O) groups is 1. The van der Waals surface area contributed by atoms with Gasteiger partial charge in [0.05, 0.1) is 5.52 Å². The van der Waals surface area contributed by atoms with E-state index in [2.05, 4.69) is 22.4 Å². The predicted molar refractivity (Wildman–Crippen MR) is 91.6 cm³/mol. The Morgan fingerprint density at radius 1 is 1.30 bits per heavy atom. The van der Waals surface area contributed by atoms with E-state index >= 15 is 0 Å². The number of aromatic nitrogens is 1. The van der Waals surface area contributed by atoms with Crippen molar-refractivity contribution in [3.05, 3.63) is 36.5 Å². The number of rotatable bonds is 2. The van der Waals surface area contributed by atoms with Gasteiger partial charge in [-0.05, 0) is 51.5 Å². The van der Waals surface area contributed by atoms with Gasteiger partial charge in [-0.2, -0.15) is 0 Å². The van der Waals surface area contributed by atoms with E-state index in [0.29, 0.717) is 6.54 Å². The summed E-state index contributed by atoms with van der Waals surface area (Å²) < 4.78 is 5.44. The maximum Gasteiger partial charge on any atom is 0.410 e. The highest BCUT2D eigenvalue weighted by Crippen LogP contribution is 2.24. The highest BCUT2D eigenvalue weighted by Gasteiger charge is 2.29. The Morgan fingerprint density at radius 2 is 2.13 bits per heavy atom. The maximum absolute atomic E-state index is 12.1. The Morgan fingerprint density at radius 3 is 2.91 bits per heavy atom. The molecule has 23 heavy (non-hydrogen) atoms. The summed E-state index contributed by atoms with van der Waals surface area (Å²) >= 11 is 0. The summed E-state index contributed by atoms with van der Waals surface area (Å²) in [6.07, 6.45) is 2.48. The van der Waals surface area contributed by atoms with Gasteiger partial charge in [0.1, 0.15) is 5.60 Å². The second kappa shape index (κ2) is 6.07. The van der Waals surface area contributed by atoms with E-state index in [4.69, 9.17) is 4.74 Å². The molecule has 5 heteroatoms.